The van der Waals surface area contributed by atoms with Gasteiger partial charge in [-0.25, -0.2) is 9.59 Å². The molecule has 0 unspecified atom stereocenters. The van der Waals surface area contributed by atoms with Crippen molar-refractivity contribution < 1.29 is 55.4 Å². The molecule has 322 valence electrons. The molecule has 2 aliphatic carbocycles. The van der Waals surface area contributed by atoms with E-state index in [0.717, 1.165) is 69.9 Å². The third-order valence-corrected chi connectivity index (χ3v) is 14.5. The monoisotopic (exact) mass is 839 g/mol. The lowest BCUT2D eigenvalue weighted by Gasteiger charge is -2.32. The molecule has 0 spiro atoms. The normalized spacial score (nSPS) is 27.5. The van der Waals surface area contributed by atoms with Gasteiger partial charge in [0.25, 0.3) is 0 Å². The topological polar surface area (TPSA) is 165 Å². The number of ether oxygens (including phenoxy) is 2. The van der Waals surface area contributed by atoms with Crippen LogP contribution in [0, 0.1) is 5.92 Å². The highest BCUT2D eigenvalue weighted by atomic mass is 31.2. The molecule has 3 aliphatic heterocycles. The van der Waals surface area contributed by atoms with Crippen LogP contribution in [0.3, 0.4) is 0 Å². The molecule has 1 aromatic carbocycles. The molecule has 1 aromatic rings. The maximum atomic E-state index is 14.5. The van der Waals surface area contributed by atoms with Gasteiger partial charge in [-0.15, -0.1) is 0 Å². The summed E-state index contributed by atoms with van der Waals surface area (Å²) in [6, 6.07) is 0.862. The zero-order valence-electron chi connectivity index (χ0n) is 33.4. The molecular formula is C40H57F3N5O9P. The quantitative estimate of drug-likeness (QED) is 0.156. The summed E-state index contributed by atoms with van der Waals surface area (Å²) in [6.45, 7) is 4.41. The van der Waals surface area contributed by atoms with Crippen molar-refractivity contribution in [3.63, 3.8) is 0 Å². The molecule has 6 rings (SSSR count). The molecule has 5 aliphatic rings. The van der Waals surface area contributed by atoms with Crippen molar-refractivity contribution in [2.45, 2.75) is 139 Å². The predicted molar refractivity (Wildman–Crippen MR) is 209 cm³/mol. The van der Waals surface area contributed by atoms with Gasteiger partial charge in [0.05, 0.1) is 36.7 Å². The minimum Gasteiger partial charge on any atom is -0.446 e. The molecule has 0 bridgehead atoms. The van der Waals surface area contributed by atoms with Crippen molar-refractivity contribution in [2.75, 3.05) is 43.1 Å². The summed E-state index contributed by atoms with van der Waals surface area (Å²) in [5, 5.41) is 6.79. The highest BCUT2D eigenvalue weighted by Gasteiger charge is 2.68. The van der Waals surface area contributed by atoms with Gasteiger partial charge < -0.3 is 39.0 Å². The van der Waals surface area contributed by atoms with Crippen LogP contribution in [0.15, 0.2) is 30.4 Å². The number of alkyl carbamates (subject to hydrolysis) is 1. The molecule has 3 heterocycles. The van der Waals surface area contributed by atoms with Gasteiger partial charge >= 0.3 is 26.0 Å². The van der Waals surface area contributed by atoms with Crippen molar-refractivity contribution in [3.05, 3.63) is 35.9 Å². The van der Waals surface area contributed by atoms with E-state index < -0.39 is 66.8 Å². The second-order valence-electron chi connectivity index (χ2n) is 15.8. The van der Waals surface area contributed by atoms with Crippen LogP contribution in [-0.2, 0) is 38.9 Å². The van der Waals surface area contributed by atoms with Crippen molar-refractivity contribution in [1.29, 1.82) is 0 Å². The smallest absolute Gasteiger partial charge is 0.416 e. The van der Waals surface area contributed by atoms with Crippen LogP contribution in [0.25, 0.3) is 0 Å². The van der Waals surface area contributed by atoms with Crippen LogP contribution in [0.5, 0.6) is 0 Å². The fraction of sp³-hybridized carbons (Fsp3) is 0.700. The number of carbonyl (C=O) groups excluding carboxylic acids is 4. The van der Waals surface area contributed by atoms with Gasteiger partial charge in [0.15, 0.2) is 0 Å². The molecule has 4 amide bonds. The summed E-state index contributed by atoms with van der Waals surface area (Å²) in [4.78, 5) is 58.8. The van der Waals surface area contributed by atoms with Gasteiger partial charge in [-0.1, -0.05) is 25.0 Å². The Balaban J connectivity index is 1.27. The van der Waals surface area contributed by atoms with Crippen molar-refractivity contribution in [1.82, 2.24) is 15.5 Å². The second kappa shape index (κ2) is 19.1. The highest BCUT2D eigenvalue weighted by molar-refractivity contribution is 7.56. The molecule has 3 N–H and O–H groups in total. The fourth-order valence-electron chi connectivity index (χ4n) is 8.66. The fourth-order valence-corrected chi connectivity index (χ4v) is 11.0. The first-order valence-corrected chi connectivity index (χ1v) is 22.4. The predicted octanol–water partition coefficient (Wildman–Crippen LogP) is 7.87. The zero-order valence-corrected chi connectivity index (χ0v) is 34.3. The van der Waals surface area contributed by atoms with Crippen LogP contribution < -0.4 is 20.9 Å². The van der Waals surface area contributed by atoms with Crippen LogP contribution in [0.1, 0.15) is 109 Å². The number of benzene rings is 1. The van der Waals surface area contributed by atoms with Crippen LogP contribution >= 0.6 is 7.60 Å². The molecular weight excluding hydrogens is 782 g/mol. The number of halogens is 3. The highest BCUT2D eigenvalue weighted by Crippen LogP contribution is 2.73. The van der Waals surface area contributed by atoms with Gasteiger partial charge in [-0.05, 0) is 103 Å². The minimum atomic E-state index is -4.66. The maximum absolute atomic E-state index is 14.5. The number of allylic oxidation sites excluding steroid dienone is 1. The maximum Gasteiger partial charge on any atom is 0.416 e. The molecule has 5 atom stereocenters. The van der Waals surface area contributed by atoms with Gasteiger partial charge in [0.1, 0.15) is 29.6 Å². The molecule has 4 fully saturated rings. The van der Waals surface area contributed by atoms with E-state index in [2.05, 4.69) is 16.0 Å². The van der Waals surface area contributed by atoms with Crippen molar-refractivity contribution in [2.24, 2.45) is 5.92 Å². The van der Waals surface area contributed by atoms with E-state index in [1.807, 2.05) is 17.1 Å². The average molecular weight is 840 g/mol. The third-order valence-electron chi connectivity index (χ3n) is 11.7. The van der Waals surface area contributed by atoms with Gasteiger partial charge in [0.2, 0.25) is 11.8 Å². The number of hydrogen-bond acceptors (Lipinski definition) is 10. The molecule has 2 saturated heterocycles. The Morgan fingerprint density at radius 2 is 1.59 bits per heavy atom. The number of fused-ring (bicyclic) bond motifs is 2. The lowest BCUT2D eigenvalue weighted by Crippen LogP contribution is -2.55. The van der Waals surface area contributed by atoms with E-state index in [4.69, 9.17) is 18.5 Å². The summed E-state index contributed by atoms with van der Waals surface area (Å²) < 4.78 is 78.7. The summed E-state index contributed by atoms with van der Waals surface area (Å²) >= 11 is 0. The number of alkyl halides is 3. The van der Waals surface area contributed by atoms with Crippen LogP contribution in [-0.4, -0.2) is 91.3 Å². The number of rotatable bonds is 10. The molecule has 14 nitrogen and oxygen atoms in total. The number of anilines is 2. The van der Waals surface area contributed by atoms with Crippen molar-refractivity contribution >= 4 is 43.0 Å². The second-order valence-corrected chi connectivity index (χ2v) is 18.1. The van der Waals surface area contributed by atoms with Gasteiger partial charge in [0, 0.05) is 25.4 Å². The molecule has 58 heavy (non-hydrogen) atoms. The van der Waals surface area contributed by atoms with Crippen molar-refractivity contribution in [3.8, 4) is 0 Å². The first-order chi connectivity index (χ1) is 27.8. The Morgan fingerprint density at radius 3 is 2.28 bits per heavy atom. The van der Waals surface area contributed by atoms with E-state index in [1.54, 1.807) is 13.8 Å². The van der Waals surface area contributed by atoms with E-state index in [-0.39, 0.29) is 56.7 Å². The Hall–Kier alpha value is -3.82. The van der Waals surface area contributed by atoms with E-state index in [0.29, 0.717) is 31.6 Å². The first kappa shape index (κ1) is 43.8. The number of hydrogen-bond donors (Lipinski definition) is 3. The third kappa shape index (κ3) is 10.3. The average Bonchev–Trinajstić information content (AvgIpc) is 3.44. The lowest BCUT2D eigenvalue weighted by molar-refractivity contribution is -0.140. The zero-order chi connectivity index (χ0) is 41.5. The van der Waals surface area contributed by atoms with Crippen LogP contribution in [0.2, 0.25) is 0 Å². The Morgan fingerprint density at radius 1 is 0.914 bits per heavy atom. The number of carbonyl (C=O) groups is 4. The molecule has 0 radical (unpaired) electrons. The van der Waals surface area contributed by atoms with Crippen LogP contribution in [0.4, 0.5) is 34.1 Å². The summed E-state index contributed by atoms with van der Waals surface area (Å²) in [5.74, 6) is -1.65. The standard InChI is InChI=1S/C40H57F3N5O9P/c1-3-54-58(53,55-4-2)39-25-28(39)15-9-6-5-7-10-18-31(44-37(51)56-29-16-11-12-17-29)36(50)48-26-30(24-34(48)35(49)46-39)57-38(52)45-32-23-27(40(41,42)43)19-20-33(32)47-21-13-8-14-22-47/h9,15,19-20,23,28-31,34H,3-8,10-14,16-18,21-22,24-26H2,1-2H3,(H,44,51)(H,45,52)(H,46,49)/t28-,30-,31+,34+,39+/m1/s1. The SMILES string of the molecule is CCOP(=O)(OCC)[C@@]12C[C@H]1C=CCCCCC[C@H](NC(=O)OC1CCCC1)C(=O)N1C[C@H](OC(=O)Nc3cc(C(F)(F)F)ccc3N3CCCCC3)C[C@H]1C(=O)N2. The first-order valence-electron chi connectivity index (χ1n) is 20.9. The largest absolute Gasteiger partial charge is 0.446 e. The Bertz CT molecular complexity index is 1710. The molecule has 18 heteroatoms. The number of amides is 4. The van der Waals surface area contributed by atoms with Gasteiger partial charge in [-0.3, -0.25) is 19.5 Å². The number of nitrogens with zero attached hydrogens (tertiary/aromatic N) is 2. The Labute approximate surface area is 337 Å². The Kier molecular flexibility index (Phi) is 14.4. The van der Waals surface area contributed by atoms with E-state index in [1.165, 1.54) is 11.0 Å². The van der Waals surface area contributed by atoms with E-state index >= 15 is 0 Å². The molecule has 0 aromatic heterocycles. The summed E-state index contributed by atoms with van der Waals surface area (Å²) in [5.41, 5.74) is -0.602. The van der Waals surface area contributed by atoms with E-state index in [9.17, 15) is 36.9 Å². The number of piperidine rings is 1. The minimum absolute atomic E-state index is 0.0556. The number of nitrogens with one attached hydrogen (secondary N) is 3. The summed E-state index contributed by atoms with van der Waals surface area (Å²) in [6.07, 6.45) is 5.23. The van der Waals surface area contributed by atoms with Gasteiger partial charge in [-0.2, -0.15) is 13.2 Å². The molecule has 2 saturated carbocycles. The summed E-state index contributed by atoms with van der Waals surface area (Å²) in [7, 11) is -3.95. The lowest BCUT2D eigenvalue weighted by atomic mass is 10.0.